The summed E-state index contributed by atoms with van der Waals surface area (Å²) in [5.74, 6) is 2.01. The van der Waals surface area contributed by atoms with Crippen LogP contribution in [0.5, 0.6) is 17.2 Å². The summed E-state index contributed by atoms with van der Waals surface area (Å²) in [6.45, 7) is 4.99. The lowest BCUT2D eigenvalue weighted by Crippen LogP contribution is -2.14. The topological polar surface area (TPSA) is 69.7 Å². The SMILES string of the molecule is CCCOc1ccc(Oc2ccc(NC(=O)c3ccc(COC)nc3C)cc2)cc1. The van der Waals surface area contributed by atoms with Gasteiger partial charge in [0.15, 0.2) is 0 Å². The van der Waals surface area contributed by atoms with E-state index in [-0.39, 0.29) is 5.91 Å². The summed E-state index contributed by atoms with van der Waals surface area (Å²) in [5.41, 5.74) is 2.66. The van der Waals surface area contributed by atoms with Crippen LogP contribution in [0.3, 0.4) is 0 Å². The van der Waals surface area contributed by atoms with Gasteiger partial charge in [-0.25, -0.2) is 0 Å². The molecule has 30 heavy (non-hydrogen) atoms. The third kappa shape index (κ3) is 5.81. The molecule has 156 valence electrons. The van der Waals surface area contributed by atoms with Gasteiger partial charge in [-0.3, -0.25) is 9.78 Å². The van der Waals surface area contributed by atoms with E-state index >= 15 is 0 Å². The van der Waals surface area contributed by atoms with E-state index in [0.29, 0.717) is 41.7 Å². The number of nitrogens with zero attached hydrogens (tertiary/aromatic N) is 1. The molecule has 0 bridgehead atoms. The molecule has 6 nitrogen and oxygen atoms in total. The molecule has 0 aliphatic carbocycles. The number of methoxy groups -OCH3 is 1. The number of carbonyl (C=O) groups excluding carboxylic acids is 1. The lowest BCUT2D eigenvalue weighted by atomic mass is 10.1. The number of hydrogen-bond acceptors (Lipinski definition) is 5. The van der Waals surface area contributed by atoms with Crippen molar-refractivity contribution < 1.29 is 19.0 Å². The van der Waals surface area contributed by atoms with Crippen LogP contribution in [-0.2, 0) is 11.3 Å². The van der Waals surface area contributed by atoms with Crippen molar-refractivity contribution in [3.8, 4) is 17.2 Å². The Morgan fingerprint density at radius 3 is 2.17 bits per heavy atom. The third-order valence-electron chi connectivity index (χ3n) is 4.32. The van der Waals surface area contributed by atoms with E-state index in [1.54, 1.807) is 31.4 Å². The zero-order chi connectivity index (χ0) is 21.3. The van der Waals surface area contributed by atoms with Crippen LogP contribution in [0.4, 0.5) is 5.69 Å². The summed E-state index contributed by atoms with van der Waals surface area (Å²) in [5, 5.41) is 2.89. The lowest BCUT2D eigenvalue weighted by Gasteiger charge is -2.10. The number of benzene rings is 2. The van der Waals surface area contributed by atoms with Crippen molar-refractivity contribution in [3.63, 3.8) is 0 Å². The minimum atomic E-state index is -0.208. The van der Waals surface area contributed by atoms with Crippen LogP contribution in [0, 0.1) is 6.92 Å². The molecule has 0 atom stereocenters. The normalized spacial score (nSPS) is 10.5. The summed E-state index contributed by atoms with van der Waals surface area (Å²) >= 11 is 0. The number of hydrogen-bond donors (Lipinski definition) is 1. The summed E-state index contributed by atoms with van der Waals surface area (Å²) in [6.07, 6.45) is 0.969. The molecule has 0 saturated heterocycles. The molecule has 1 N–H and O–H groups in total. The molecule has 0 unspecified atom stereocenters. The van der Waals surface area contributed by atoms with Crippen molar-refractivity contribution in [3.05, 3.63) is 77.6 Å². The molecule has 3 rings (SSSR count). The Labute approximate surface area is 176 Å². The second-order valence-corrected chi connectivity index (χ2v) is 6.77. The van der Waals surface area contributed by atoms with E-state index < -0.39 is 0 Å². The quantitative estimate of drug-likeness (QED) is 0.517. The highest BCUT2D eigenvalue weighted by molar-refractivity contribution is 6.05. The van der Waals surface area contributed by atoms with Crippen LogP contribution >= 0.6 is 0 Å². The maximum Gasteiger partial charge on any atom is 0.257 e. The first-order valence-corrected chi connectivity index (χ1v) is 9.86. The van der Waals surface area contributed by atoms with Crippen molar-refractivity contribution in [2.45, 2.75) is 26.9 Å². The third-order valence-corrected chi connectivity index (χ3v) is 4.32. The van der Waals surface area contributed by atoms with E-state index in [1.807, 2.05) is 43.3 Å². The fourth-order valence-corrected chi connectivity index (χ4v) is 2.85. The smallest absolute Gasteiger partial charge is 0.257 e. The second-order valence-electron chi connectivity index (χ2n) is 6.77. The molecule has 0 radical (unpaired) electrons. The van der Waals surface area contributed by atoms with Gasteiger partial charge in [0, 0.05) is 12.8 Å². The number of rotatable bonds is 9. The van der Waals surface area contributed by atoms with Crippen molar-refractivity contribution in [1.29, 1.82) is 0 Å². The molecule has 0 saturated carbocycles. The average Bonchev–Trinajstić information content (AvgIpc) is 2.75. The van der Waals surface area contributed by atoms with Gasteiger partial charge in [-0.05, 0) is 74.0 Å². The Bertz CT molecular complexity index is 970. The number of ether oxygens (including phenoxy) is 3. The van der Waals surface area contributed by atoms with Gasteiger partial charge in [-0.2, -0.15) is 0 Å². The number of nitrogens with one attached hydrogen (secondary N) is 1. The Morgan fingerprint density at radius 1 is 0.933 bits per heavy atom. The molecule has 2 aromatic carbocycles. The standard InChI is InChI=1S/C24H26N2O4/c1-4-15-29-20-10-12-22(13-11-20)30-21-8-5-18(6-9-21)26-24(27)23-14-7-19(16-28-3)25-17(23)2/h5-14H,4,15-16H2,1-3H3,(H,26,27). The number of carbonyl (C=O) groups is 1. The van der Waals surface area contributed by atoms with Gasteiger partial charge in [0.25, 0.3) is 5.91 Å². The second kappa shape index (κ2) is 10.4. The van der Waals surface area contributed by atoms with Gasteiger partial charge >= 0.3 is 0 Å². The zero-order valence-corrected chi connectivity index (χ0v) is 17.5. The maximum absolute atomic E-state index is 12.6. The minimum absolute atomic E-state index is 0.208. The maximum atomic E-state index is 12.6. The first-order chi connectivity index (χ1) is 14.6. The van der Waals surface area contributed by atoms with E-state index in [0.717, 1.165) is 17.9 Å². The molecule has 0 fully saturated rings. The first-order valence-electron chi connectivity index (χ1n) is 9.86. The van der Waals surface area contributed by atoms with Crippen molar-refractivity contribution in [2.24, 2.45) is 0 Å². The van der Waals surface area contributed by atoms with E-state index in [4.69, 9.17) is 14.2 Å². The molecule has 1 aromatic heterocycles. The van der Waals surface area contributed by atoms with Crippen LogP contribution < -0.4 is 14.8 Å². The van der Waals surface area contributed by atoms with Crippen LogP contribution in [-0.4, -0.2) is 24.6 Å². The van der Waals surface area contributed by atoms with Crippen LogP contribution in [0.25, 0.3) is 0 Å². The molecular formula is C24H26N2O4. The molecule has 0 aliphatic rings. The summed E-state index contributed by atoms with van der Waals surface area (Å²) in [7, 11) is 1.61. The molecule has 0 spiro atoms. The Balaban J connectivity index is 1.59. The highest BCUT2D eigenvalue weighted by Gasteiger charge is 2.11. The lowest BCUT2D eigenvalue weighted by molar-refractivity contribution is 0.102. The van der Waals surface area contributed by atoms with Gasteiger partial charge in [0.1, 0.15) is 17.2 Å². The van der Waals surface area contributed by atoms with Crippen LogP contribution in [0.15, 0.2) is 60.7 Å². The Morgan fingerprint density at radius 2 is 1.57 bits per heavy atom. The van der Waals surface area contributed by atoms with Gasteiger partial charge in [-0.1, -0.05) is 6.92 Å². The largest absolute Gasteiger partial charge is 0.494 e. The Hall–Kier alpha value is -3.38. The Kier molecular flexibility index (Phi) is 7.40. The summed E-state index contributed by atoms with van der Waals surface area (Å²) < 4.78 is 16.5. The number of amides is 1. The minimum Gasteiger partial charge on any atom is -0.494 e. The van der Waals surface area contributed by atoms with Gasteiger partial charge in [0.05, 0.1) is 30.2 Å². The van der Waals surface area contributed by atoms with Crippen molar-refractivity contribution >= 4 is 11.6 Å². The van der Waals surface area contributed by atoms with E-state index in [2.05, 4.69) is 17.2 Å². The fourth-order valence-electron chi connectivity index (χ4n) is 2.85. The van der Waals surface area contributed by atoms with E-state index in [9.17, 15) is 4.79 Å². The van der Waals surface area contributed by atoms with Crippen molar-refractivity contribution in [2.75, 3.05) is 19.0 Å². The van der Waals surface area contributed by atoms with E-state index in [1.165, 1.54) is 0 Å². The molecule has 6 heteroatoms. The average molecular weight is 406 g/mol. The fraction of sp³-hybridized carbons (Fsp3) is 0.250. The number of anilines is 1. The molecule has 0 aliphatic heterocycles. The highest BCUT2D eigenvalue weighted by atomic mass is 16.5. The molecule has 1 amide bonds. The predicted octanol–water partition coefficient (Wildman–Crippen LogP) is 5.37. The van der Waals surface area contributed by atoms with Crippen molar-refractivity contribution in [1.82, 2.24) is 4.98 Å². The monoisotopic (exact) mass is 406 g/mol. The predicted molar refractivity (Wildman–Crippen MR) is 116 cm³/mol. The zero-order valence-electron chi connectivity index (χ0n) is 17.5. The van der Waals surface area contributed by atoms with Crippen LogP contribution in [0.2, 0.25) is 0 Å². The molecule has 1 heterocycles. The van der Waals surface area contributed by atoms with Crippen LogP contribution in [0.1, 0.15) is 35.1 Å². The van der Waals surface area contributed by atoms with Gasteiger partial charge in [-0.15, -0.1) is 0 Å². The molecular weight excluding hydrogens is 380 g/mol. The molecule has 3 aromatic rings. The number of aromatic nitrogens is 1. The summed E-state index contributed by atoms with van der Waals surface area (Å²) in [4.78, 5) is 17.0. The summed E-state index contributed by atoms with van der Waals surface area (Å²) in [6, 6.07) is 18.3. The van der Waals surface area contributed by atoms with Gasteiger partial charge in [0.2, 0.25) is 0 Å². The number of aryl methyl sites for hydroxylation is 1. The van der Waals surface area contributed by atoms with Gasteiger partial charge < -0.3 is 19.5 Å². The highest BCUT2D eigenvalue weighted by Crippen LogP contribution is 2.25. The first kappa shape index (κ1) is 21.3. The number of pyridine rings is 1.